The van der Waals surface area contributed by atoms with E-state index in [9.17, 15) is 8.78 Å². The normalized spacial score (nSPS) is 12.3. The Morgan fingerprint density at radius 3 is 2.58 bits per heavy atom. The highest BCUT2D eigenvalue weighted by Gasteiger charge is 2.14. The van der Waals surface area contributed by atoms with Gasteiger partial charge < -0.3 is 10.5 Å². The van der Waals surface area contributed by atoms with Gasteiger partial charge in [0, 0.05) is 22.1 Å². The molecule has 2 rings (SSSR count). The maximum absolute atomic E-state index is 13.8. The molecule has 19 heavy (non-hydrogen) atoms. The summed E-state index contributed by atoms with van der Waals surface area (Å²) >= 11 is 3.15. The molecule has 0 aliphatic heterocycles. The van der Waals surface area contributed by atoms with Crippen molar-refractivity contribution in [3.63, 3.8) is 0 Å². The van der Waals surface area contributed by atoms with Gasteiger partial charge in [0.2, 0.25) is 0 Å². The Balaban J connectivity index is 2.42. The Bertz CT molecular complexity index is 582. The summed E-state index contributed by atoms with van der Waals surface area (Å²) in [5.41, 5.74) is 6.29. The highest BCUT2D eigenvalue weighted by atomic mass is 79.9. The zero-order valence-corrected chi connectivity index (χ0v) is 11.7. The molecule has 5 heteroatoms. The number of halogens is 3. The molecule has 0 heterocycles. The fraction of sp³-hybridized carbons (Fsp3) is 0.143. The van der Waals surface area contributed by atoms with Crippen molar-refractivity contribution in [2.75, 3.05) is 0 Å². The average Bonchev–Trinajstić information content (AvgIpc) is 2.30. The summed E-state index contributed by atoms with van der Waals surface area (Å²) in [4.78, 5) is 0. The second-order valence-corrected chi connectivity index (χ2v) is 5.07. The van der Waals surface area contributed by atoms with E-state index in [1.54, 1.807) is 25.1 Å². The summed E-state index contributed by atoms with van der Waals surface area (Å²) in [6.07, 6.45) is 0. The SMILES string of the molecule is C[C@H](N)c1cccc(F)c1Oc1cc(F)cc(Br)c1. The van der Waals surface area contributed by atoms with Crippen molar-refractivity contribution in [1.29, 1.82) is 0 Å². The molecule has 2 aromatic rings. The quantitative estimate of drug-likeness (QED) is 0.898. The molecule has 2 nitrogen and oxygen atoms in total. The predicted molar refractivity (Wildman–Crippen MR) is 73.2 cm³/mol. The van der Waals surface area contributed by atoms with E-state index < -0.39 is 11.6 Å². The molecule has 1 atom stereocenters. The third kappa shape index (κ3) is 3.30. The van der Waals surface area contributed by atoms with Gasteiger partial charge in [-0.05, 0) is 25.1 Å². The maximum atomic E-state index is 13.8. The lowest BCUT2D eigenvalue weighted by Crippen LogP contribution is -2.07. The minimum absolute atomic E-state index is 0.0231. The Morgan fingerprint density at radius 1 is 1.21 bits per heavy atom. The zero-order valence-electron chi connectivity index (χ0n) is 10.2. The van der Waals surface area contributed by atoms with Crippen molar-refractivity contribution in [3.05, 3.63) is 58.1 Å². The van der Waals surface area contributed by atoms with Crippen molar-refractivity contribution in [3.8, 4) is 11.5 Å². The zero-order chi connectivity index (χ0) is 14.0. The topological polar surface area (TPSA) is 35.2 Å². The van der Waals surface area contributed by atoms with Crippen molar-refractivity contribution in [2.24, 2.45) is 5.73 Å². The molecule has 0 aromatic heterocycles. The Morgan fingerprint density at radius 2 is 1.95 bits per heavy atom. The lowest BCUT2D eigenvalue weighted by atomic mass is 10.1. The van der Waals surface area contributed by atoms with Crippen molar-refractivity contribution in [1.82, 2.24) is 0 Å². The van der Waals surface area contributed by atoms with Gasteiger partial charge in [0.1, 0.15) is 11.6 Å². The van der Waals surface area contributed by atoms with Crippen LogP contribution in [0.25, 0.3) is 0 Å². The number of benzene rings is 2. The first-order valence-corrected chi connectivity index (χ1v) is 6.44. The fourth-order valence-electron chi connectivity index (χ4n) is 1.70. The van der Waals surface area contributed by atoms with E-state index in [1.165, 1.54) is 18.2 Å². The molecule has 0 fully saturated rings. The number of para-hydroxylation sites is 1. The van der Waals surface area contributed by atoms with Crippen LogP contribution >= 0.6 is 15.9 Å². The van der Waals surface area contributed by atoms with Gasteiger partial charge in [-0.15, -0.1) is 0 Å². The largest absolute Gasteiger partial charge is 0.454 e. The van der Waals surface area contributed by atoms with Crippen LogP contribution in [0.4, 0.5) is 8.78 Å². The van der Waals surface area contributed by atoms with Gasteiger partial charge in [-0.2, -0.15) is 0 Å². The van der Waals surface area contributed by atoms with Gasteiger partial charge in [-0.25, -0.2) is 8.78 Å². The van der Waals surface area contributed by atoms with Gasteiger partial charge in [0.05, 0.1) is 0 Å². The third-order valence-corrected chi connectivity index (χ3v) is 3.00. The Kier molecular flexibility index (Phi) is 4.17. The van der Waals surface area contributed by atoms with Crippen molar-refractivity contribution >= 4 is 15.9 Å². The fourth-order valence-corrected chi connectivity index (χ4v) is 2.14. The number of ether oxygens (including phenoxy) is 1. The van der Waals surface area contributed by atoms with Gasteiger partial charge in [-0.3, -0.25) is 0 Å². The van der Waals surface area contributed by atoms with Crippen LogP contribution in [-0.2, 0) is 0 Å². The monoisotopic (exact) mass is 327 g/mol. The standard InChI is InChI=1S/C14H12BrF2NO/c1-8(18)12-3-2-4-13(17)14(12)19-11-6-9(15)5-10(16)7-11/h2-8H,18H2,1H3/t8-/m0/s1. The number of hydrogen-bond acceptors (Lipinski definition) is 2. The molecule has 0 spiro atoms. The molecule has 0 aliphatic rings. The smallest absolute Gasteiger partial charge is 0.167 e. The Labute approximate surface area is 118 Å². The molecule has 0 amide bonds. The van der Waals surface area contributed by atoms with Crippen LogP contribution in [0, 0.1) is 11.6 Å². The molecular weight excluding hydrogens is 316 g/mol. The van der Waals surface area contributed by atoms with E-state index in [-0.39, 0.29) is 17.5 Å². The van der Waals surface area contributed by atoms with Gasteiger partial charge in [0.15, 0.2) is 11.6 Å². The molecule has 0 bridgehead atoms. The van der Waals surface area contributed by atoms with Crippen molar-refractivity contribution < 1.29 is 13.5 Å². The lowest BCUT2D eigenvalue weighted by Gasteiger charge is -2.14. The van der Waals surface area contributed by atoms with Crippen LogP contribution in [-0.4, -0.2) is 0 Å². The molecule has 2 N–H and O–H groups in total. The molecule has 100 valence electrons. The molecule has 0 unspecified atom stereocenters. The molecular formula is C14H12BrF2NO. The minimum Gasteiger partial charge on any atom is -0.454 e. The third-order valence-electron chi connectivity index (χ3n) is 2.54. The molecule has 0 radical (unpaired) electrons. The number of hydrogen-bond donors (Lipinski definition) is 1. The van der Waals surface area contributed by atoms with Crippen LogP contribution in [0.5, 0.6) is 11.5 Å². The summed E-state index contributed by atoms with van der Waals surface area (Å²) in [6, 6.07) is 8.15. The van der Waals surface area contributed by atoms with E-state index in [2.05, 4.69) is 15.9 Å². The first kappa shape index (κ1) is 14.0. The van der Waals surface area contributed by atoms with E-state index in [1.807, 2.05) is 0 Å². The minimum atomic E-state index is -0.532. The first-order valence-electron chi connectivity index (χ1n) is 5.65. The van der Waals surface area contributed by atoms with E-state index in [0.717, 1.165) is 0 Å². The molecule has 2 aromatic carbocycles. The summed E-state index contributed by atoms with van der Waals surface area (Å²) < 4.78 is 33.0. The average molecular weight is 328 g/mol. The van der Waals surface area contributed by atoms with Crippen LogP contribution in [0.3, 0.4) is 0 Å². The van der Waals surface area contributed by atoms with E-state index in [4.69, 9.17) is 10.5 Å². The molecule has 0 saturated heterocycles. The van der Waals surface area contributed by atoms with Crippen LogP contribution in [0.15, 0.2) is 40.9 Å². The lowest BCUT2D eigenvalue weighted by molar-refractivity contribution is 0.429. The van der Waals surface area contributed by atoms with Gasteiger partial charge in [0.25, 0.3) is 0 Å². The number of nitrogens with two attached hydrogens (primary N) is 1. The van der Waals surface area contributed by atoms with E-state index in [0.29, 0.717) is 10.0 Å². The van der Waals surface area contributed by atoms with Gasteiger partial charge in [-0.1, -0.05) is 28.1 Å². The predicted octanol–water partition coefficient (Wildman–Crippen LogP) is 4.54. The number of rotatable bonds is 3. The highest BCUT2D eigenvalue weighted by molar-refractivity contribution is 9.10. The van der Waals surface area contributed by atoms with Gasteiger partial charge >= 0.3 is 0 Å². The van der Waals surface area contributed by atoms with Crippen molar-refractivity contribution in [2.45, 2.75) is 13.0 Å². The van der Waals surface area contributed by atoms with Crippen LogP contribution < -0.4 is 10.5 Å². The van der Waals surface area contributed by atoms with Crippen LogP contribution in [0.2, 0.25) is 0 Å². The second-order valence-electron chi connectivity index (χ2n) is 4.15. The summed E-state index contributed by atoms with van der Waals surface area (Å²) in [7, 11) is 0. The first-order chi connectivity index (χ1) is 8.97. The second kappa shape index (κ2) is 5.67. The summed E-state index contributed by atoms with van der Waals surface area (Å²) in [5, 5.41) is 0. The van der Waals surface area contributed by atoms with Crippen LogP contribution in [0.1, 0.15) is 18.5 Å². The molecule has 0 saturated carbocycles. The summed E-state index contributed by atoms with van der Waals surface area (Å²) in [5.74, 6) is -0.771. The Hall–Kier alpha value is -1.46. The summed E-state index contributed by atoms with van der Waals surface area (Å²) in [6.45, 7) is 1.73. The maximum Gasteiger partial charge on any atom is 0.167 e. The van der Waals surface area contributed by atoms with E-state index >= 15 is 0 Å². The highest BCUT2D eigenvalue weighted by Crippen LogP contribution is 2.32. The molecule has 0 aliphatic carbocycles.